The maximum absolute atomic E-state index is 5.90. The fourth-order valence-electron chi connectivity index (χ4n) is 1.89. The zero-order chi connectivity index (χ0) is 7.07. The molecule has 54 valence electrons. The maximum Gasteiger partial charge on any atom is 0.00929 e. The Kier molecular flexibility index (Phi) is 1.55. The van der Waals surface area contributed by atoms with Crippen LogP contribution in [0.15, 0.2) is 0 Å². The molecule has 0 spiro atoms. The van der Waals surface area contributed by atoms with E-state index in [1.165, 1.54) is 12.8 Å². The van der Waals surface area contributed by atoms with Crippen LogP contribution in [0.3, 0.4) is 0 Å². The van der Waals surface area contributed by atoms with Gasteiger partial charge in [-0.1, -0.05) is 20.8 Å². The van der Waals surface area contributed by atoms with E-state index in [4.69, 9.17) is 5.73 Å². The maximum atomic E-state index is 5.90. The second kappa shape index (κ2) is 1.98. The number of rotatable bonds is 0. The number of nitrogens with two attached hydrogens (primary N) is 1. The van der Waals surface area contributed by atoms with Crippen molar-refractivity contribution in [1.29, 1.82) is 0 Å². The normalized spacial score (nSPS) is 41.3. The van der Waals surface area contributed by atoms with Gasteiger partial charge in [0.25, 0.3) is 0 Å². The predicted octanol–water partition coefficient (Wildman–Crippen LogP) is 1.77. The van der Waals surface area contributed by atoms with Crippen LogP contribution in [0.25, 0.3) is 0 Å². The van der Waals surface area contributed by atoms with E-state index in [1.54, 1.807) is 0 Å². The van der Waals surface area contributed by atoms with Gasteiger partial charge in [-0.05, 0) is 24.2 Å². The van der Waals surface area contributed by atoms with Gasteiger partial charge in [0.1, 0.15) is 0 Å². The van der Waals surface area contributed by atoms with Gasteiger partial charge in [0.05, 0.1) is 0 Å². The van der Waals surface area contributed by atoms with Crippen LogP contribution in [-0.4, -0.2) is 6.04 Å². The van der Waals surface area contributed by atoms with Crippen molar-refractivity contribution in [2.75, 3.05) is 0 Å². The molecule has 0 amide bonds. The van der Waals surface area contributed by atoms with Gasteiger partial charge in [0.2, 0.25) is 0 Å². The molecule has 0 heterocycles. The molecule has 1 aliphatic rings. The Hall–Kier alpha value is -0.0400. The van der Waals surface area contributed by atoms with Crippen LogP contribution in [0.2, 0.25) is 0 Å². The lowest BCUT2D eigenvalue weighted by atomic mass is 9.87. The standard InChI is InChI=1S/C8H17N/c1-6-4-7(9)8(2,3)5-6/h6-7H,4-5,9H2,1-3H3/t6?,7-/m1/s1. The molecule has 1 saturated carbocycles. The molecule has 0 aromatic carbocycles. The van der Waals surface area contributed by atoms with E-state index >= 15 is 0 Å². The second-order valence-electron chi connectivity index (χ2n) is 4.14. The third-order valence-corrected chi connectivity index (χ3v) is 2.53. The zero-order valence-corrected chi connectivity index (χ0v) is 6.65. The van der Waals surface area contributed by atoms with Crippen LogP contribution in [0.4, 0.5) is 0 Å². The monoisotopic (exact) mass is 127 g/mol. The summed E-state index contributed by atoms with van der Waals surface area (Å²) in [7, 11) is 0. The molecule has 0 saturated heterocycles. The molecule has 0 radical (unpaired) electrons. The minimum atomic E-state index is 0.402. The fourth-order valence-corrected chi connectivity index (χ4v) is 1.89. The number of hydrogen-bond donors (Lipinski definition) is 1. The highest BCUT2D eigenvalue weighted by molar-refractivity contribution is 4.90. The summed E-state index contributed by atoms with van der Waals surface area (Å²) in [4.78, 5) is 0. The van der Waals surface area contributed by atoms with Crippen molar-refractivity contribution in [3.63, 3.8) is 0 Å². The van der Waals surface area contributed by atoms with Crippen LogP contribution in [-0.2, 0) is 0 Å². The Morgan fingerprint density at radius 3 is 2.11 bits per heavy atom. The van der Waals surface area contributed by atoms with E-state index in [0.29, 0.717) is 11.5 Å². The van der Waals surface area contributed by atoms with E-state index in [1.807, 2.05) is 0 Å². The van der Waals surface area contributed by atoms with Crippen molar-refractivity contribution in [2.24, 2.45) is 17.1 Å². The molecular weight excluding hydrogens is 110 g/mol. The quantitative estimate of drug-likeness (QED) is 0.527. The topological polar surface area (TPSA) is 26.0 Å². The Balaban J connectivity index is 2.58. The van der Waals surface area contributed by atoms with Crippen molar-refractivity contribution >= 4 is 0 Å². The SMILES string of the molecule is CC1C[C@@H](N)C(C)(C)C1. The Bertz CT molecular complexity index is 107. The van der Waals surface area contributed by atoms with E-state index in [0.717, 1.165) is 5.92 Å². The first-order chi connectivity index (χ1) is 4.02. The van der Waals surface area contributed by atoms with Crippen LogP contribution in [0, 0.1) is 11.3 Å². The molecule has 1 rings (SSSR count). The third-order valence-electron chi connectivity index (χ3n) is 2.53. The molecule has 1 fully saturated rings. The second-order valence-corrected chi connectivity index (χ2v) is 4.14. The van der Waals surface area contributed by atoms with E-state index in [-0.39, 0.29) is 0 Å². The van der Waals surface area contributed by atoms with Gasteiger partial charge in [-0.15, -0.1) is 0 Å². The highest BCUT2D eigenvalue weighted by Crippen LogP contribution is 2.39. The summed E-state index contributed by atoms with van der Waals surface area (Å²) in [6.07, 6.45) is 2.52. The summed E-state index contributed by atoms with van der Waals surface area (Å²) in [6, 6.07) is 0.437. The first kappa shape index (κ1) is 7.07. The number of hydrogen-bond acceptors (Lipinski definition) is 1. The zero-order valence-electron chi connectivity index (χ0n) is 6.65. The summed E-state index contributed by atoms with van der Waals surface area (Å²) in [6.45, 7) is 6.82. The lowest BCUT2D eigenvalue weighted by Crippen LogP contribution is -2.31. The van der Waals surface area contributed by atoms with Crippen LogP contribution < -0.4 is 5.73 Å². The minimum absolute atomic E-state index is 0.402. The molecule has 1 aliphatic carbocycles. The molecule has 1 nitrogen and oxygen atoms in total. The van der Waals surface area contributed by atoms with Gasteiger partial charge in [-0.25, -0.2) is 0 Å². The third kappa shape index (κ3) is 1.26. The fraction of sp³-hybridized carbons (Fsp3) is 1.00. The van der Waals surface area contributed by atoms with Crippen molar-refractivity contribution in [3.05, 3.63) is 0 Å². The van der Waals surface area contributed by atoms with Crippen LogP contribution in [0.5, 0.6) is 0 Å². The van der Waals surface area contributed by atoms with Gasteiger partial charge in [0, 0.05) is 6.04 Å². The van der Waals surface area contributed by atoms with Crippen molar-refractivity contribution in [3.8, 4) is 0 Å². The minimum Gasteiger partial charge on any atom is -0.327 e. The molecule has 0 bridgehead atoms. The lowest BCUT2D eigenvalue weighted by Gasteiger charge is -2.22. The summed E-state index contributed by atoms with van der Waals surface area (Å²) in [5.41, 5.74) is 6.31. The average molecular weight is 127 g/mol. The molecule has 0 aromatic rings. The predicted molar refractivity (Wildman–Crippen MR) is 40.2 cm³/mol. The van der Waals surface area contributed by atoms with E-state index < -0.39 is 0 Å². The summed E-state index contributed by atoms with van der Waals surface area (Å²) in [5.74, 6) is 0.843. The Labute approximate surface area is 57.6 Å². The first-order valence-electron chi connectivity index (χ1n) is 3.78. The van der Waals surface area contributed by atoms with Gasteiger partial charge < -0.3 is 5.73 Å². The van der Waals surface area contributed by atoms with Gasteiger partial charge in [-0.3, -0.25) is 0 Å². The highest BCUT2D eigenvalue weighted by Gasteiger charge is 2.35. The molecule has 0 aromatic heterocycles. The van der Waals surface area contributed by atoms with Crippen molar-refractivity contribution in [1.82, 2.24) is 0 Å². The molecule has 0 aliphatic heterocycles. The lowest BCUT2D eigenvalue weighted by molar-refractivity contribution is 0.326. The Morgan fingerprint density at radius 1 is 1.44 bits per heavy atom. The first-order valence-corrected chi connectivity index (χ1v) is 3.78. The molecular formula is C8H17N. The molecule has 1 heteroatoms. The summed E-state index contributed by atoms with van der Waals surface area (Å²) < 4.78 is 0. The molecule has 2 atom stereocenters. The largest absolute Gasteiger partial charge is 0.327 e. The summed E-state index contributed by atoms with van der Waals surface area (Å²) >= 11 is 0. The van der Waals surface area contributed by atoms with Crippen molar-refractivity contribution in [2.45, 2.75) is 39.7 Å². The van der Waals surface area contributed by atoms with E-state index in [9.17, 15) is 0 Å². The average Bonchev–Trinajstić information content (AvgIpc) is 1.79. The van der Waals surface area contributed by atoms with Gasteiger partial charge in [-0.2, -0.15) is 0 Å². The molecule has 1 unspecified atom stereocenters. The van der Waals surface area contributed by atoms with E-state index in [2.05, 4.69) is 20.8 Å². The van der Waals surface area contributed by atoms with Gasteiger partial charge in [0.15, 0.2) is 0 Å². The molecule has 9 heavy (non-hydrogen) atoms. The summed E-state index contributed by atoms with van der Waals surface area (Å²) in [5, 5.41) is 0. The van der Waals surface area contributed by atoms with Crippen LogP contribution in [0.1, 0.15) is 33.6 Å². The molecule has 2 N–H and O–H groups in total. The van der Waals surface area contributed by atoms with Crippen molar-refractivity contribution < 1.29 is 0 Å². The Morgan fingerprint density at radius 2 is 2.00 bits per heavy atom. The van der Waals surface area contributed by atoms with Crippen LogP contribution >= 0.6 is 0 Å². The smallest absolute Gasteiger partial charge is 0.00929 e. The highest BCUT2D eigenvalue weighted by atomic mass is 14.7. The van der Waals surface area contributed by atoms with Gasteiger partial charge >= 0.3 is 0 Å².